The van der Waals surface area contributed by atoms with Crippen LogP contribution in [0, 0.1) is 0 Å². The molecule has 3 heteroatoms. The zero-order chi connectivity index (χ0) is 6.57. The third-order valence-electron chi connectivity index (χ3n) is 0.525. The lowest BCUT2D eigenvalue weighted by atomic mass is 10.5. The molecule has 0 atom stereocenters. The predicted octanol–water partition coefficient (Wildman–Crippen LogP) is -0.281. The molecule has 0 radical (unpaired) electrons. The molecule has 0 aliphatic carbocycles. The molecular formula is C5H8N2O. The van der Waals surface area contributed by atoms with E-state index in [1.165, 1.54) is 6.20 Å². The smallest absolute Gasteiger partial charge is 0.270 e. The van der Waals surface area contributed by atoms with Gasteiger partial charge in [-0.3, -0.25) is 4.79 Å². The number of carbonyl (C=O) groups is 1. The summed E-state index contributed by atoms with van der Waals surface area (Å²) >= 11 is 0. The van der Waals surface area contributed by atoms with Crippen molar-refractivity contribution in [3.8, 4) is 0 Å². The summed E-state index contributed by atoms with van der Waals surface area (Å²) in [5, 5.41) is 2.25. The van der Waals surface area contributed by atoms with Gasteiger partial charge in [-0.2, -0.15) is 0 Å². The second-order valence-corrected chi connectivity index (χ2v) is 1.20. The molecule has 3 nitrogen and oxygen atoms in total. The molecule has 0 saturated heterocycles. The number of hydrogen-bond acceptors (Lipinski definition) is 2. The SMILES string of the molecule is C=CNC(=O)C(=C)N. The van der Waals surface area contributed by atoms with Crippen LogP contribution in [0.15, 0.2) is 25.1 Å². The maximum atomic E-state index is 10.3. The van der Waals surface area contributed by atoms with Gasteiger partial charge in [0.25, 0.3) is 5.91 Å². The van der Waals surface area contributed by atoms with Gasteiger partial charge in [0.05, 0.1) is 5.70 Å². The molecule has 0 aromatic heterocycles. The van der Waals surface area contributed by atoms with Gasteiger partial charge >= 0.3 is 0 Å². The number of carbonyl (C=O) groups excluding carboxylic acids is 1. The van der Waals surface area contributed by atoms with Crippen molar-refractivity contribution in [2.45, 2.75) is 0 Å². The van der Waals surface area contributed by atoms with Crippen LogP contribution in [0.1, 0.15) is 0 Å². The van der Waals surface area contributed by atoms with Crippen LogP contribution in [0.2, 0.25) is 0 Å². The van der Waals surface area contributed by atoms with Crippen LogP contribution in [-0.2, 0) is 4.79 Å². The van der Waals surface area contributed by atoms with Crippen LogP contribution >= 0.6 is 0 Å². The zero-order valence-electron chi connectivity index (χ0n) is 4.48. The molecule has 3 N–H and O–H groups in total. The average Bonchev–Trinajstić information content (AvgIpc) is 1.67. The van der Waals surface area contributed by atoms with E-state index in [2.05, 4.69) is 18.5 Å². The Morgan fingerprint density at radius 2 is 2.25 bits per heavy atom. The van der Waals surface area contributed by atoms with E-state index in [-0.39, 0.29) is 5.70 Å². The fourth-order valence-corrected chi connectivity index (χ4v) is 0.185. The van der Waals surface area contributed by atoms with Crippen molar-refractivity contribution in [1.29, 1.82) is 0 Å². The standard InChI is InChI=1S/C5H8N2O/c1-3-7-5(8)4(2)6/h3H,1-2,6H2,(H,7,8). The van der Waals surface area contributed by atoms with Gasteiger partial charge in [0.15, 0.2) is 0 Å². The summed E-state index contributed by atoms with van der Waals surface area (Å²) < 4.78 is 0. The third kappa shape index (κ3) is 2.02. The van der Waals surface area contributed by atoms with Crippen molar-refractivity contribution in [2.24, 2.45) is 5.73 Å². The van der Waals surface area contributed by atoms with E-state index in [1.807, 2.05) is 0 Å². The second kappa shape index (κ2) is 2.85. The summed E-state index contributed by atoms with van der Waals surface area (Å²) in [6, 6.07) is 0. The van der Waals surface area contributed by atoms with Crippen LogP contribution in [0.5, 0.6) is 0 Å². The first-order chi connectivity index (χ1) is 3.68. The van der Waals surface area contributed by atoms with E-state index in [4.69, 9.17) is 5.73 Å². The molecule has 0 aromatic rings. The van der Waals surface area contributed by atoms with Gasteiger partial charge in [-0.05, 0) is 6.20 Å². The van der Waals surface area contributed by atoms with Gasteiger partial charge in [-0.25, -0.2) is 0 Å². The highest BCUT2D eigenvalue weighted by Gasteiger charge is 1.94. The van der Waals surface area contributed by atoms with Crippen molar-refractivity contribution < 1.29 is 4.79 Å². The maximum absolute atomic E-state index is 10.3. The quantitative estimate of drug-likeness (QED) is 0.482. The highest BCUT2D eigenvalue weighted by molar-refractivity contribution is 5.92. The first kappa shape index (κ1) is 6.75. The van der Waals surface area contributed by atoms with Gasteiger partial charge in [-0.1, -0.05) is 13.2 Å². The molecule has 0 saturated carbocycles. The highest BCUT2D eigenvalue weighted by atomic mass is 16.1. The van der Waals surface area contributed by atoms with Gasteiger partial charge < -0.3 is 11.1 Å². The molecule has 0 bridgehead atoms. The molecular weight excluding hydrogens is 104 g/mol. The van der Waals surface area contributed by atoms with E-state index in [0.29, 0.717) is 0 Å². The Morgan fingerprint density at radius 1 is 1.75 bits per heavy atom. The Bertz CT molecular complexity index is 128. The molecule has 0 heterocycles. The molecule has 8 heavy (non-hydrogen) atoms. The van der Waals surface area contributed by atoms with Crippen molar-refractivity contribution in [3.05, 3.63) is 25.1 Å². The Labute approximate surface area is 47.9 Å². The van der Waals surface area contributed by atoms with Gasteiger partial charge in [0, 0.05) is 0 Å². The van der Waals surface area contributed by atoms with Crippen molar-refractivity contribution >= 4 is 5.91 Å². The summed E-state index contributed by atoms with van der Waals surface area (Å²) in [6.07, 6.45) is 1.25. The lowest BCUT2D eigenvalue weighted by Gasteiger charge is -1.93. The van der Waals surface area contributed by atoms with Crippen LogP contribution < -0.4 is 11.1 Å². The fraction of sp³-hybridized carbons (Fsp3) is 0. The predicted molar refractivity (Wildman–Crippen MR) is 31.7 cm³/mol. The van der Waals surface area contributed by atoms with Gasteiger partial charge in [0.2, 0.25) is 0 Å². The van der Waals surface area contributed by atoms with E-state index in [1.54, 1.807) is 0 Å². The topological polar surface area (TPSA) is 55.1 Å². The van der Waals surface area contributed by atoms with E-state index >= 15 is 0 Å². The summed E-state index contributed by atoms with van der Waals surface area (Å²) in [6.45, 7) is 6.45. The number of rotatable bonds is 2. The molecule has 1 amide bonds. The first-order valence-corrected chi connectivity index (χ1v) is 2.04. The number of nitrogens with two attached hydrogens (primary N) is 1. The highest BCUT2D eigenvalue weighted by Crippen LogP contribution is 1.73. The third-order valence-corrected chi connectivity index (χ3v) is 0.525. The maximum Gasteiger partial charge on any atom is 0.270 e. The second-order valence-electron chi connectivity index (χ2n) is 1.20. The Kier molecular flexibility index (Phi) is 2.40. The van der Waals surface area contributed by atoms with Gasteiger partial charge in [-0.15, -0.1) is 0 Å². The molecule has 0 rings (SSSR count). The monoisotopic (exact) mass is 112 g/mol. The Morgan fingerprint density at radius 3 is 2.38 bits per heavy atom. The summed E-state index contributed by atoms with van der Waals surface area (Å²) in [7, 11) is 0. The van der Waals surface area contributed by atoms with Crippen LogP contribution in [0.3, 0.4) is 0 Å². The summed E-state index contributed by atoms with van der Waals surface area (Å²) in [4.78, 5) is 10.3. The van der Waals surface area contributed by atoms with E-state index in [9.17, 15) is 4.79 Å². The van der Waals surface area contributed by atoms with Crippen molar-refractivity contribution in [3.63, 3.8) is 0 Å². The largest absolute Gasteiger partial charge is 0.395 e. The average molecular weight is 112 g/mol. The number of hydrogen-bond donors (Lipinski definition) is 2. The molecule has 0 unspecified atom stereocenters. The number of amides is 1. The summed E-state index contributed by atoms with van der Waals surface area (Å²) in [5.41, 5.74) is 4.96. The minimum atomic E-state index is -0.403. The molecule has 0 spiro atoms. The Balaban J connectivity index is 3.65. The molecule has 0 aliphatic heterocycles. The fourth-order valence-electron chi connectivity index (χ4n) is 0.185. The molecule has 0 aromatic carbocycles. The first-order valence-electron chi connectivity index (χ1n) is 2.04. The lowest BCUT2D eigenvalue weighted by molar-refractivity contribution is -0.116. The van der Waals surface area contributed by atoms with Gasteiger partial charge in [0.1, 0.15) is 0 Å². The van der Waals surface area contributed by atoms with Crippen molar-refractivity contribution in [2.75, 3.05) is 0 Å². The van der Waals surface area contributed by atoms with Crippen molar-refractivity contribution in [1.82, 2.24) is 5.32 Å². The molecule has 0 aliphatic rings. The van der Waals surface area contributed by atoms with E-state index < -0.39 is 5.91 Å². The molecule has 44 valence electrons. The number of nitrogens with one attached hydrogen (secondary N) is 1. The minimum absolute atomic E-state index is 0.00935. The normalized spacial score (nSPS) is 7.50. The Hall–Kier alpha value is -1.25. The lowest BCUT2D eigenvalue weighted by Crippen LogP contribution is -2.22. The van der Waals surface area contributed by atoms with E-state index in [0.717, 1.165) is 0 Å². The van der Waals surface area contributed by atoms with Crippen LogP contribution in [-0.4, -0.2) is 5.91 Å². The molecule has 0 fully saturated rings. The van der Waals surface area contributed by atoms with Crippen LogP contribution in [0.4, 0.5) is 0 Å². The minimum Gasteiger partial charge on any atom is -0.395 e. The van der Waals surface area contributed by atoms with Crippen LogP contribution in [0.25, 0.3) is 0 Å². The zero-order valence-corrected chi connectivity index (χ0v) is 4.48. The summed E-state index contributed by atoms with van der Waals surface area (Å²) in [5.74, 6) is -0.403.